The molecule has 0 bridgehead atoms. The normalized spacial score (nSPS) is 10.4. The Hall–Kier alpha value is -2.92. The number of anilines is 1. The highest BCUT2D eigenvalue weighted by Gasteiger charge is 2.18. The minimum atomic E-state index is -1.06. The summed E-state index contributed by atoms with van der Waals surface area (Å²) in [6, 6.07) is 18.2. The second-order valence-electron chi connectivity index (χ2n) is 5.34. The van der Waals surface area contributed by atoms with Crippen molar-refractivity contribution < 1.29 is 14.7 Å². The molecule has 1 heterocycles. The Labute approximate surface area is 143 Å². The Morgan fingerprint density at radius 1 is 1.00 bits per heavy atom. The van der Waals surface area contributed by atoms with E-state index in [9.17, 15) is 14.7 Å². The number of hydrogen-bond donors (Lipinski definition) is 2. The fourth-order valence-electron chi connectivity index (χ4n) is 2.27. The van der Waals surface area contributed by atoms with Gasteiger partial charge in [-0.25, -0.2) is 4.79 Å². The Bertz CT molecular complexity index is 883. The lowest BCUT2D eigenvalue weighted by atomic mass is 10.1. The van der Waals surface area contributed by atoms with Crippen LogP contribution < -0.4 is 5.32 Å². The zero-order valence-electron chi connectivity index (χ0n) is 12.9. The molecule has 1 aromatic heterocycles. The van der Waals surface area contributed by atoms with Crippen LogP contribution in [0.2, 0.25) is 0 Å². The van der Waals surface area contributed by atoms with Crippen molar-refractivity contribution in [3.8, 4) is 10.4 Å². The summed E-state index contributed by atoms with van der Waals surface area (Å²) < 4.78 is 0. The van der Waals surface area contributed by atoms with E-state index in [1.165, 1.54) is 11.3 Å². The third-order valence-electron chi connectivity index (χ3n) is 3.56. The average Bonchev–Trinajstić information content (AvgIpc) is 3.00. The molecule has 0 aliphatic carbocycles. The predicted octanol–water partition coefficient (Wildman–Crippen LogP) is 4.67. The van der Waals surface area contributed by atoms with E-state index in [-0.39, 0.29) is 11.5 Å². The van der Waals surface area contributed by atoms with Gasteiger partial charge in [-0.15, -0.1) is 11.3 Å². The van der Waals surface area contributed by atoms with Gasteiger partial charge in [0.25, 0.3) is 5.91 Å². The molecule has 0 aliphatic heterocycles. The van der Waals surface area contributed by atoms with Gasteiger partial charge >= 0.3 is 5.97 Å². The Kier molecular flexibility index (Phi) is 4.44. The number of rotatable bonds is 4. The van der Waals surface area contributed by atoms with Gasteiger partial charge < -0.3 is 10.4 Å². The van der Waals surface area contributed by atoms with Gasteiger partial charge in [-0.3, -0.25) is 4.79 Å². The van der Waals surface area contributed by atoms with Crippen LogP contribution >= 0.6 is 11.3 Å². The van der Waals surface area contributed by atoms with Crippen LogP contribution in [0.1, 0.15) is 26.3 Å². The maximum absolute atomic E-state index is 12.3. The Balaban J connectivity index is 1.92. The fourth-order valence-corrected chi connectivity index (χ4v) is 3.32. The van der Waals surface area contributed by atoms with E-state index >= 15 is 0 Å². The molecule has 0 saturated heterocycles. The number of carboxylic acid groups (broad SMARTS) is 1. The van der Waals surface area contributed by atoms with Crippen LogP contribution in [0.15, 0.2) is 60.7 Å². The smallest absolute Gasteiger partial charge is 0.338 e. The van der Waals surface area contributed by atoms with E-state index in [0.717, 1.165) is 16.0 Å². The molecule has 0 saturated carbocycles. The van der Waals surface area contributed by atoms with Gasteiger partial charge in [-0.1, -0.05) is 48.0 Å². The van der Waals surface area contributed by atoms with Crippen LogP contribution in [0.25, 0.3) is 10.4 Å². The second-order valence-corrected chi connectivity index (χ2v) is 6.40. The Morgan fingerprint density at radius 2 is 1.67 bits per heavy atom. The van der Waals surface area contributed by atoms with Gasteiger partial charge in [-0.2, -0.15) is 0 Å². The number of carbonyl (C=O) groups excluding carboxylic acids is 1. The Morgan fingerprint density at radius 3 is 2.29 bits per heavy atom. The molecule has 0 unspecified atom stereocenters. The molecule has 0 atom stereocenters. The van der Waals surface area contributed by atoms with Crippen molar-refractivity contribution in [2.24, 2.45) is 0 Å². The van der Waals surface area contributed by atoms with Gasteiger partial charge in [0.2, 0.25) is 0 Å². The zero-order valence-corrected chi connectivity index (χ0v) is 13.8. The molecule has 3 aromatic rings. The van der Waals surface area contributed by atoms with E-state index in [1.807, 2.05) is 49.4 Å². The third kappa shape index (κ3) is 3.36. The lowest BCUT2D eigenvalue weighted by Crippen LogP contribution is -2.13. The molecule has 120 valence electrons. The SMILES string of the molecule is Cc1ccc(C(=O)Nc2sc(-c3ccccc3)cc2C(=O)O)cc1. The summed E-state index contributed by atoms with van der Waals surface area (Å²) in [5.74, 6) is -1.38. The topological polar surface area (TPSA) is 66.4 Å². The number of benzene rings is 2. The lowest BCUT2D eigenvalue weighted by Gasteiger charge is -2.04. The number of aromatic carboxylic acids is 1. The molecule has 1 amide bonds. The molecule has 5 heteroatoms. The summed E-state index contributed by atoms with van der Waals surface area (Å²) >= 11 is 1.25. The largest absolute Gasteiger partial charge is 0.478 e. The standard InChI is InChI=1S/C19H15NO3S/c1-12-7-9-14(10-8-12)17(21)20-18-15(19(22)23)11-16(24-18)13-5-3-2-4-6-13/h2-11H,1H3,(H,20,21)(H,22,23). The fraction of sp³-hybridized carbons (Fsp3) is 0.0526. The van der Waals surface area contributed by atoms with E-state index in [4.69, 9.17) is 0 Å². The van der Waals surface area contributed by atoms with Gasteiger partial charge in [-0.05, 0) is 30.7 Å². The summed E-state index contributed by atoms with van der Waals surface area (Å²) in [5.41, 5.74) is 2.56. The van der Waals surface area contributed by atoms with Crippen molar-refractivity contribution in [1.29, 1.82) is 0 Å². The highest BCUT2D eigenvalue weighted by molar-refractivity contribution is 7.20. The van der Waals surface area contributed by atoms with Crippen LogP contribution in [-0.2, 0) is 0 Å². The van der Waals surface area contributed by atoms with Crippen LogP contribution in [0.3, 0.4) is 0 Å². The number of carboxylic acids is 1. The molecular formula is C19H15NO3S. The summed E-state index contributed by atoms with van der Waals surface area (Å²) in [5, 5.41) is 12.5. The zero-order chi connectivity index (χ0) is 17.1. The molecule has 3 rings (SSSR count). The minimum Gasteiger partial charge on any atom is -0.478 e. The third-order valence-corrected chi connectivity index (χ3v) is 4.66. The molecule has 0 aliphatic rings. The maximum Gasteiger partial charge on any atom is 0.338 e. The van der Waals surface area contributed by atoms with Crippen molar-refractivity contribution in [3.63, 3.8) is 0 Å². The minimum absolute atomic E-state index is 0.0966. The first kappa shape index (κ1) is 16.0. The molecule has 24 heavy (non-hydrogen) atoms. The first-order valence-corrected chi connectivity index (χ1v) is 8.17. The van der Waals surface area contributed by atoms with Gasteiger partial charge in [0.15, 0.2) is 0 Å². The van der Waals surface area contributed by atoms with Crippen LogP contribution in [0.4, 0.5) is 5.00 Å². The van der Waals surface area contributed by atoms with Crippen LogP contribution in [-0.4, -0.2) is 17.0 Å². The van der Waals surface area contributed by atoms with E-state index < -0.39 is 5.97 Å². The number of hydrogen-bond acceptors (Lipinski definition) is 3. The van der Waals surface area contributed by atoms with Gasteiger partial charge in [0.1, 0.15) is 5.00 Å². The highest BCUT2D eigenvalue weighted by atomic mass is 32.1. The number of carbonyl (C=O) groups is 2. The van der Waals surface area contributed by atoms with Crippen molar-refractivity contribution in [3.05, 3.63) is 77.4 Å². The van der Waals surface area contributed by atoms with Crippen LogP contribution in [0.5, 0.6) is 0 Å². The van der Waals surface area contributed by atoms with Gasteiger partial charge in [0, 0.05) is 10.4 Å². The summed E-state index contributed by atoms with van der Waals surface area (Å²) in [4.78, 5) is 24.6. The van der Waals surface area contributed by atoms with E-state index in [1.54, 1.807) is 18.2 Å². The van der Waals surface area contributed by atoms with E-state index in [2.05, 4.69) is 5.32 Å². The van der Waals surface area contributed by atoms with Crippen molar-refractivity contribution >= 4 is 28.2 Å². The first-order chi connectivity index (χ1) is 11.5. The molecular weight excluding hydrogens is 322 g/mol. The molecule has 0 spiro atoms. The first-order valence-electron chi connectivity index (χ1n) is 7.35. The maximum atomic E-state index is 12.3. The highest BCUT2D eigenvalue weighted by Crippen LogP contribution is 2.35. The quantitative estimate of drug-likeness (QED) is 0.727. The molecule has 0 radical (unpaired) electrons. The van der Waals surface area contributed by atoms with Crippen molar-refractivity contribution in [2.75, 3.05) is 5.32 Å². The summed E-state index contributed by atoms with van der Waals surface area (Å²) in [6.45, 7) is 1.94. The predicted molar refractivity (Wildman–Crippen MR) is 95.8 cm³/mol. The van der Waals surface area contributed by atoms with Gasteiger partial charge in [0.05, 0.1) is 5.56 Å². The monoisotopic (exact) mass is 337 g/mol. The van der Waals surface area contributed by atoms with Crippen LogP contribution in [0, 0.1) is 6.92 Å². The number of nitrogens with one attached hydrogen (secondary N) is 1. The van der Waals surface area contributed by atoms with E-state index in [0.29, 0.717) is 10.6 Å². The molecule has 0 fully saturated rings. The summed E-state index contributed by atoms with van der Waals surface area (Å²) in [6.07, 6.45) is 0. The van der Waals surface area contributed by atoms with Crippen molar-refractivity contribution in [2.45, 2.75) is 6.92 Å². The van der Waals surface area contributed by atoms with Crippen molar-refractivity contribution in [1.82, 2.24) is 0 Å². The average molecular weight is 337 g/mol. The second kappa shape index (κ2) is 6.68. The number of amides is 1. The molecule has 2 N–H and O–H groups in total. The molecule has 4 nitrogen and oxygen atoms in total. The lowest BCUT2D eigenvalue weighted by molar-refractivity contribution is 0.0698. The molecule has 2 aromatic carbocycles. The number of thiophene rings is 1. The summed E-state index contributed by atoms with van der Waals surface area (Å²) in [7, 11) is 0. The number of aryl methyl sites for hydroxylation is 1.